The Balaban J connectivity index is 3.39. The number of hydrogen-bond acceptors (Lipinski definition) is 2. The van der Waals surface area contributed by atoms with Gasteiger partial charge in [0.05, 0.1) is 6.61 Å². The molecular formula is C11H22ClNO2. The number of alkyl halides is 1. The van der Waals surface area contributed by atoms with Crippen molar-refractivity contribution >= 4 is 17.5 Å². The van der Waals surface area contributed by atoms with Crippen molar-refractivity contribution < 1.29 is 9.53 Å². The van der Waals surface area contributed by atoms with Gasteiger partial charge in [-0.2, -0.15) is 0 Å². The zero-order chi connectivity index (χ0) is 11.7. The molecule has 90 valence electrons. The number of hydrogen-bond donors (Lipinski definition) is 1. The predicted molar refractivity (Wildman–Crippen MR) is 63.2 cm³/mol. The molecule has 0 spiro atoms. The molecule has 0 aliphatic heterocycles. The lowest BCUT2D eigenvalue weighted by Crippen LogP contribution is -2.32. The molecular weight excluding hydrogens is 214 g/mol. The van der Waals surface area contributed by atoms with Gasteiger partial charge in [-0.1, -0.05) is 20.8 Å². The van der Waals surface area contributed by atoms with Crippen molar-refractivity contribution in [2.45, 2.75) is 27.2 Å². The van der Waals surface area contributed by atoms with Crippen LogP contribution in [0.1, 0.15) is 27.2 Å². The van der Waals surface area contributed by atoms with Crippen LogP contribution in [-0.4, -0.2) is 31.5 Å². The molecule has 0 saturated heterocycles. The molecule has 0 aromatic rings. The minimum absolute atomic E-state index is 0.0776. The summed E-state index contributed by atoms with van der Waals surface area (Å²) in [6.45, 7) is 7.96. The molecule has 1 amide bonds. The molecule has 0 rings (SSSR count). The van der Waals surface area contributed by atoms with Gasteiger partial charge in [0.15, 0.2) is 0 Å². The Morgan fingerprint density at radius 1 is 1.33 bits per heavy atom. The number of rotatable bonds is 8. The molecule has 0 aliphatic rings. The summed E-state index contributed by atoms with van der Waals surface area (Å²) in [5.41, 5.74) is 0. The molecule has 4 heteroatoms. The normalized spacial score (nSPS) is 12.9. The van der Waals surface area contributed by atoms with E-state index in [1.165, 1.54) is 0 Å². The van der Waals surface area contributed by atoms with Crippen LogP contribution < -0.4 is 5.32 Å². The topological polar surface area (TPSA) is 38.3 Å². The smallest absolute Gasteiger partial charge is 0.223 e. The highest BCUT2D eigenvalue weighted by molar-refractivity contribution is 6.17. The third-order valence-corrected chi connectivity index (χ3v) is 2.55. The lowest BCUT2D eigenvalue weighted by atomic mass is 9.97. The SMILES string of the molecule is CC(C)C(C)C(=O)NCCCOCCCl. The molecule has 0 fully saturated rings. The molecule has 3 nitrogen and oxygen atoms in total. The van der Waals surface area contributed by atoms with E-state index in [2.05, 4.69) is 5.32 Å². The maximum atomic E-state index is 11.5. The van der Waals surface area contributed by atoms with Crippen LogP contribution in [-0.2, 0) is 9.53 Å². The molecule has 0 aromatic carbocycles. The van der Waals surface area contributed by atoms with E-state index in [0.717, 1.165) is 6.42 Å². The van der Waals surface area contributed by atoms with Gasteiger partial charge in [-0.25, -0.2) is 0 Å². The van der Waals surface area contributed by atoms with E-state index >= 15 is 0 Å². The van der Waals surface area contributed by atoms with Crippen molar-refractivity contribution in [3.8, 4) is 0 Å². The second-order valence-corrected chi connectivity index (χ2v) is 4.36. The Hall–Kier alpha value is -0.280. The maximum absolute atomic E-state index is 11.5. The minimum Gasteiger partial charge on any atom is -0.380 e. The van der Waals surface area contributed by atoms with Gasteiger partial charge < -0.3 is 10.1 Å². The lowest BCUT2D eigenvalue weighted by Gasteiger charge is -2.15. The first-order valence-electron chi connectivity index (χ1n) is 5.51. The van der Waals surface area contributed by atoms with Crippen molar-refractivity contribution in [1.82, 2.24) is 5.32 Å². The van der Waals surface area contributed by atoms with Gasteiger partial charge in [-0.3, -0.25) is 4.79 Å². The van der Waals surface area contributed by atoms with Crippen molar-refractivity contribution in [2.75, 3.05) is 25.6 Å². The fraction of sp³-hybridized carbons (Fsp3) is 0.909. The average Bonchev–Trinajstić information content (AvgIpc) is 2.21. The molecule has 0 aliphatic carbocycles. The largest absolute Gasteiger partial charge is 0.380 e. The molecule has 0 heterocycles. The number of nitrogens with one attached hydrogen (secondary N) is 1. The number of halogens is 1. The van der Waals surface area contributed by atoms with Gasteiger partial charge in [0.1, 0.15) is 0 Å². The van der Waals surface area contributed by atoms with Gasteiger partial charge in [0.2, 0.25) is 5.91 Å². The van der Waals surface area contributed by atoms with Crippen LogP contribution in [0.4, 0.5) is 0 Å². The molecule has 1 unspecified atom stereocenters. The van der Waals surface area contributed by atoms with Crippen LogP contribution in [0.2, 0.25) is 0 Å². The van der Waals surface area contributed by atoms with Crippen molar-refractivity contribution in [3.63, 3.8) is 0 Å². The summed E-state index contributed by atoms with van der Waals surface area (Å²) in [5.74, 6) is 1.12. The fourth-order valence-corrected chi connectivity index (χ4v) is 1.12. The summed E-state index contributed by atoms with van der Waals surface area (Å²) in [7, 11) is 0. The molecule has 1 atom stereocenters. The van der Waals surface area contributed by atoms with Crippen molar-refractivity contribution in [3.05, 3.63) is 0 Å². The zero-order valence-electron chi connectivity index (χ0n) is 9.88. The Morgan fingerprint density at radius 3 is 2.53 bits per heavy atom. The van der Waals surface area contributed by atoms with E-state index in [4.69, 9.17) is 16.3 Å². The van der Waals surface area contributed by atoms with E-state index < -0.39 is 0 Å². The molecule has 0 saturated carbocycles. The Labute approximate surface area is 97.5 Å². The quantitative estimate of drug-likeness (QED) is 0.517. The number of amides is 1. The van der Waals surface area contributed by atoms with E-state index in [1.807, 2.05) is 20.8 Å². The number of ether oxygens (including phenoxy) is 1. The standard InChI is InChI=1S/C11H22ClNO2/c1-9(2)10(3)11(14)13-6-4-7-15-8-5-12/h9-10H,4-8H2,1-3H3,(H,13,14). The summed E-state index contributed by atoms with van der Waals surface area (Å²) in [4.78, 5) is 11.5. The first-order valence-corrected chi connectivity index (χ1v) is 6.04. The highest BCUT2D eigenvalue weighted by Gasteiger charge is 2.15. The zero-order valence-corrected chi connectivity index (χ0v) is 10.6. The third kappa shape index (κ3) is 7.63. The van der Waals surface area contributed by atoms with Crippen LogP contribution in [0.3, 0.4) is 0 Å². The maximum Gasteiger partial charge on any atom is 0.223 e. The highest BCUT2D eigenvalue weighted by atomic mass is 35.5. The van der Waals surface area contributed by atoms with Gasteiger partial charge >= 0.3 is 0 Å². The first kappa shape index (κ1) is 14.7. The minimum atomic E-state index is 0.0776. The Morgan fingerprint density at radius 2 is 2.00 bits per heavy atom. The fourth-order valence-electron chi connectivity index (χ4n) is 1.01. The average molecular weight is 236 g/mol. The highest BCUT2D eigenvalue weighted by Crippen LogP contribution is 2.08. The molecule has 0 bridgehead atoms. The molecule has 1 N–H and O–H groups in total. The monoisotopic (exact) mass is 235 g/mol. The Bertz CT molecular complexity index is 174. The van der Waals surface area contributed by atoms with E-state index in [0.29, 0.717) is 31.6 Å². The van der Waals surface area contributed by atoms with Gasteiger partial charge in [-0.05, 0) is 12.3 Å². The second-order valence-electron chi connectivity index (χ2n) is 3.98. The summed E-state index contributed by atoms with van der Waals surface area (Å²) < 4.78 is 5.19. The van der Waals surface area contributed by atoms with Crippen LogP contribution in [0.25, 0.3) is 0 Å². The molecule has 15 heavy (non-hydrogen) atoms. The summed E-state index contributed by atoms with van der Waals surface area (Å²) >= 11 is 5.45. The van der Waals surface area contributed by atoms with Gasteiger partial charge in [0, 0.05) is 24.9 Å². The third-order valence-electron chi connectivity index (χ3n) is 2.40. The van der Waals surface area contributed by atoms with Crippen molar-refractivity contribution in [1.29, 1.82) is 0 Å². The lowest BCUT2D eigenvalue weighted by molar-refractivity contribution is -0.125. The second kappa shape index (κ2) is 8.98. The van der Waals surface area contributed by atoms with Crippen LogP contribution in [0, 0.1) is 11.8 Å². The summed E-state index contributed by atoms with van der Waals surface area (Å²) in [6, 6.07) is 0. The van der Waals surface area contributed by atoms with E-state index in [9.17, 15) is 4.79 Å². The van der Waals surface area contributed by atoms with Gasteiger partial charge in [-0.15, -0.1) is 11.6 Å². The van der Waals surface area contributed by atoms with E-state index in [-0.39, 0.29) is 11.8 Å². The summed E-state index contributed by atoms with van der Waals surface area (Å²) in [5, 5.41) is 2.89. The van der Waals surface area contributed by atoms with Gasteiger partial charge in [0.25, 0.3) is 0 Å². The predicted octanol–water partition coefficient (Wildman–Crippen LogP) is 2.04. The van der Waals surface area contributed by atoms with Crippen LogP contribution in [0.15, 0.2) is 0 Å². The van der Waals surface area contributed by atoms with E-state index in [1.54, 1.807) is 0 Å². The summed E-state index contributed by atoms with van der Waals surface area (Å²) in [6.07, 6.45) is 0.841. The van der Waals surface area contributed by atoms with Crippen molar-refractivity contribution in [2.24, 2.45) is 11.8 Å². The molecule has 0 radical (unpaired) electrons. The number of carbonyl (C=O) groups excluding carboxylic acids is 1. The first-order chi connectivity index (χ1) is 7.09. The van der Waals surface area contributed by atoms with Crippen LogP contribution >= 0.6 is 11.6 Å². The molecule has 0 aromatic heterocycles. The van der Waals surface area contributed by atoms with Crippen LogP contribution in [0.5, 0.6) is 0 Å². The number of carbonyl (C=O) groups is 1. The Kier molecular flexibility index (Phi) is 8.82.